The van der Waals surface area contributed by atoms with Gasteiger partial charge < -0.3 is 10.6 Å². The molecule has 26 heavy (non-hydrogen) atoms. The van der Waals surface area contributed by atoms with Gasteiger partial charge in [0.25, 0.3) is 11.5 Å². The Hall–Kier alpha value is -2.94. The number of carbonyl (C=O) groups excluding carboxylic acids is 3. The maximum absolute atomic E-state index is 12.4. The standard InChI is InChI=1S/C17H18N4O4S/c1-3-12(23)18-14-13(19-15(24)11-7-5-4-6-8-11)16(25)21-17(20-14)26-9-10(2)22/h4-8H,3,9H2,1-2H3,(H,19,24)(H2,18,20,21,23,25). The summed E-state index contributed by atoms with van der Waals surface area (Å²) in [6, 6.07) is 8.34. The minimum absolute atomic E-state index is 0.0593. The van der Waals surface area contributed by atoms with E-state index in [1.165, 1.54) is 6.92 Å². The number of hydrogen-bond acceptors (Lipinski definition) is 6. The molecule has 0 aliphatic rings. The van der Waals surface area contributed by atoms with Gasteiger partial charge in [-0.1, -0.05) is 36.9 Å². The van der Waals surface area contributed by atoms with Gasteiger partial charge in [0.1, 0.15) is 5.78 Å². The lowest BCUT2D eigenvalue weighted by Crippen LogP contribution is -2.25. The number of thioether (sulfide) groups is 1. The Bertz CT molecular complexity index is 880. The lowest BCUT2D eigenvalue weighted by Gasteiger charge is -2.11. The van der Waals surface area contributed by atoms with E-state index >= 15 is 0 Å². The van der Waals surface area contributed by atoms with Crippen molar-refractivity contribution in [3.63, 3.8) is 0 Å². The molecule has 0 fully saturated rings. The van der Waals surface area contributed by atoms with E-state index in [1.807, 2.05) is 0 Å². The molecule has 0 aliphatic heterocycles. The third-order valence-corrected chi connectivity index (χ3v) is 4.18. The van der Waals surface area contributed by atoms with E-state index in [0.717, 1.165) is 11.8 Å². The number of nitrogens with zero attached hydrogens (tertiary/aromatic N) is 1. The fraction of sp³-hybridized carbons (Fsp3) is 0.235. The largest absolute Gasteiger partial charge is 0.314 e. The van der Waals surface area contributed by atoms with Crippen LogP contribution in [0.25, 0.3) is 0 Å². The SMILES string of the molecule is CCC(=O)Nc1nc(SCC(C)=O)[nH]c(=O)c1NC(=O)c1ccccc1. The zero-order valence-corrected chi connectivity index (χ0v) is 15.1. The van der Waals surface area contributed by atoms with Crippen LogP contribution in [0.5, 0.6) is 0 Å². The van der Waals surface area contributed by atoms with Crippen molar-refractivity contribution in [1.29, 1.82) is 0 Å². The molecule has 1 heterocycles. The quantitative estimate of drug-likeness (QED) is 0.504. The van der Waals surface area contributed by atoms with Crippen LogP contribution in [-0.4, -0.2) is 33.3 Å². The van der Waals surface area contributed by atoms with Gasteiger partial charge in [-0.3, -0.25) is 24.2 Å². The number of carbonyl (C=O) groups is 3. The predicted octanol–water partition coefficient (Wildman–Crippen LogP) is 2.05. The van der Waals surface area contributed by atoms with Gasteiger partial charge in [0.2, 0.25) is 5.91 Å². The van der Waals surface area contributed by atoms with Crippen molar-refractivity contribution < 1.29 is 14.4 Å². The maximum atomic E-state index is 12.4. The first-order valence-electron chi connectivity index (χ1n) is 7.83. The second-order valence-corrected chi connectivity index (χ2v) is 6.27. The van der Waals surface area contributed by atoms with Crippen LogP contribution in [0.3, 0.4) is 0 Å². The smallest absolute Gasteiger partial charge is 0.277 e. The van der Waals surface area contributed by atoms with E-state index in [-0.39, 0.29) is 40.5 Å². The zero-order chi connectivity index (χ0) is 19.1. The molecule has 2 rings (SSSR count). The molecule has 0 unspecified atom stereocenters. The van der Waals surface area contributed by atoms with Crippen molar-refractivity contribution in [1.82, 2.24) is 9.97 Å². The summed E-state index contributed by atoms with van der Waals surface area (Å²) in [5.74, 6) is -0.885. The minimum atomic E-state index is -0.623. The molecule has 1 aromatic carbocycles. The van der Waals surface area contributed by atoms with E-state index in [4.69, 9.17) is 0 Å². The van der Waals surface area contributed by atoms with Crippen LogP contribution >= 0.6 is 11.8 Å². The summed E-state index contributed by atoms with van der Waals surface area (Å²) >= 11 is 1.04. The molecule has 136 valence electrons. The van der Waals surface area contributed by atoms with Gasteiger partial charge in [0.15, 0.2) is 16.7 Å². The first-order chi connectivity index (χ1) is 12.4. The van der Waals surface area contributed by atoms with Gasteiger partial charge >= 0.3 is 0 Å². The van der Waals surface area contributed by atoms with E-state index in [2.05, 4.69) is 20.6 Å². The molecule has 0 spiro atoms. The molecule has 1 aromatic heterocycles. The maximum Gasteiger partial charge on any atom is 0.277 e. The molecule has 9 heteroatoms. The molecule has 2 aromatic rings. The molecule has 3 N–H and O–H groups in total. The number of Topliss-reactive ketones (excluding diaryl/α,β-unsaturated/α-hetero) is 1. The Morgan fingerprint density at radius 1 is 1.15 bits per heavy atom. The zero-order valence-electron chi connectivity index (χ0n) is 14.3. The van der Waals surface area contributed by atoms with Crippen LogP contribution in [0.4, 0.5) is 11.5 Å². The average molecular weight is 374 g/mol. The molecule has 2 amide bonds. The Balaban J connectivity index is 2.36. The van der Waals surface area contributed by atoms with Gasteiger partial charge in [-0.15, -0.1) is 0 Å². The number of ketones is 1. The summed E-state index contributed by atoms with van der Waals surface area (Å²) in [6.45, 7) is 3.06. The number of H-pyrrole nitrogens is 1. The molecule has 0 saturated heterocycles. The highest BCUT2D eigenvalue weighted by Gasteiger charge is 2.17. The van der Waals surface area contributed by atoms with Gasteiger partial charge in [0.05, 0.1) is 5.75 Å². The van der Waals surface area contributed by atoms with Crippen molar-refractivity contribution >= 4 is 40.9 Å². The normalized spacial score (nSPS) is 10.2. The number of nitrogens with one attached hydrogen (secondary N) is 3. The molecule has 0 saturated carbocycles. The second kappa shape index (κ2) is 8.95. The van der Waals surface area contributed by atoms with Gasteiger partial charge in [-0.05, 0) is 19.1 Å². The summed E-state index contributed by atoms with van der Waals surface area (Å²) in [7, 11) is 0. The average Bonchev–Trinajstić information content (AvgIpc) is 2.63. The van der Waals surface area contributed by atoms with Crippen LogP contribution in [0, 0.1) is 0 Å². The fourth-order valence-corrected chi connectivity index (χ4v) is 2.55. The summed E-state index contributed by atoms with van der Waals surface area (Å²) < 4.78 is 0. The van der Waals surface area contributed by atoms with Crippen molar-refractivity contribution in [3.8, 4) is 0 Å². The topological polar surface area (TPSA) is 121 Å². The molecule has 0 atom stereocenters. The Labute approximate surface area is 153 Å². The van der Waals surface area contributed by atoms with E-state index in [1.54, 1.807) is 37.3 Å². The number of aromatic nitrogens is 2. The lowest BCUT2D eigenvalue weighted by atomic mass is 10.2. The Morgan fingerprint density at radius 3 is 2.46 bits per heavy atom. The third kappa shape index (κ3) is 5.28. The molecular formula is C17H18N4O4S. The molecular weight excluding hydrogens is 356 g/mol. The van der Waals surface area contributed by atoms with Crippen LogP contribution < -0.4 is 16.2 Å². The van der Waals surface area contributed by atoms with E-state index in [0.29, 0.717) is 5.56 Å². The number of rotatable bonds is 7. The monoisotopic (exact) mass is 374 g/mol. The van der Waals surface area contributed by atoms with Crippen LogP contribution in [0.15, 0.2) is 40.3 Å². The highest BCUT2D eigenvalue weighted by atomic mass is 32.2. The van der Waals surface area contributed by atoms with Gasteiger partial charge in [0, 0.05) is 12.0 Å². The number of anilines is 2. The third-order valence-electron chi connectivity index (χ3n) is 3.16. The summed E-state index contributed by atoms with van der Waals surface area (Å²) in [5.41, 5.74) is -0.427. The van der Waals surface area contributed by atoms with Crippen molar-refractivity contribution in [2.24, 2.45) is 0 Å². The predicted molar refractivity (Wildman–Crippen MR) is 99.6 cm³/mol. The number of aromatic amines is 1. The first-order valence-corrected chi connectivity index (χ1v) is 8.82. The minimum Gasteiger partial charge on any atom is -0.314 e. The fourth-order valence-electron chi connectivity index (χ4n) is 1.89. The van der Waals surface area contributed by atoms with Crippen molar-refractivity contribution in [2.75, 3.05) is 16.4 Å². The van der Waals surface area contributed by atoms with Crippen LogP contribution in [-0.2, 0) is 9.59 Å². The molecule has 0 bridgehead atoms. The molecule has 0 radical (unpaired) electrons. The lowest BCUT2D eigenvalue weighted by molar-refractivity contribution is -0.116. The van der Waals surface area contributed by atoms with Crippen molar-refractivity contribution in [3.05, 3.63) is 46.2 Å². The van der Waals surface area contributed by atoms with Crippen molar-refractivity contribution in [2.45, 2.75) is 25.4 Å². The summed E-state index contributed by atoms with van der Waals surface area (Å²) in [4.78, 5) is 54.2. The van der Waals surface area contributed by atoms with E-state index in [9.17, 15) is 19.2 Å². The molecule has 0 aliphatic carbocycles. The van der Waals surface area contributed by atoms with Crippen LogP contribution in [0.1, 0.15) is 30.6 Å². The first kappa shape index (κ1) is 19.4. The van der Waals surface area contributed by atoms with E-state index < -0.39 is 11.5 Å². The summed E-state index contributed by atoms with van der Waals surface area (Å²) in [5, 5.41) is 5.16. The highest BCUT2D eigenvalue weighted by Crippen LogP contribution is 2.20. The van der Waals surface area contributed by atoms with Gasteiger partial charge in [-0.2, -0.15) is 0 Å². The molecule has 8 nitrogen and oxygen atoms in total. The van der Waals surface area contributed by atoms with Gasteiger partial charge in [-0.25, -0.2) is 4.98 Å². The number of hydrogen-bond donors (Lipinski definition) is 3. The second-order valence-electron chi connectivity index (χ2n) is 5.31. The Kier molecular flexibility index (Phi) is 6.67. The number of amides is 2. The number of benzene rings is 1. The van der Waals surface area contributed by atoms with Crippen LogP contribution in [0.2, 0.25) is 0 Å². The Morgan fingerprint density at radius 2 is 1.85 bits per heavy atom. The highest BCUT2D eigenvalue weighted by molar-refractivity contribution is 7.99. The summed E-state index contributed by atoms with van der Waals surface area (Å²) in [6.07, 6.45) is 0.177.